The predicted molar refractivity (Wildman–Crippen MR) is 121 cm³/mol. The van der Waals surface area contributed by atoms with Gasteiger partial charge in [0.2, 0.25) is 0 Å². The van der Waals surface area contributed by atoms with Crippen LogP contribution >= 0.6 is 11.3 Å². The molecule has 4 unspecified atom stereocenters. The number of halogens is 1. The van der Waals surface area contributed by atoms with Gasteiger partial charge in [-0.2, -0.15) is 11.3 Å². The first-order valence-corrected chi connectivity index (χ1v) is 12.4. The molecule has 4 rings (SSSR count). The minimum Gasteiger partial charge on any atom is -0.329 e. The zero-order chi connectivity index (χ0) is 20.1. The second kappa shape index (κ2) is 10.2. The van der Waals surface area contributed by atoms with Crippen molar-refractivity contribution in [3.05, 3.63) is 58.0 Å². The van der Waals surface area contributed by atoms with E-state index in [4.69, 9.17) is 5.73 Å². The SMILES string of the molecule is NCC(Cc1ccsc1)N(CCc1ccc(F)cc1)C1CCC2CCCCC2C1. The van der Waals surface area contributed by atoms with E-state index in [0.29, 0.717) is 18.6 Å². The van der Waals surface area contributed by atoms with Crippen LogP contribution in [0, 0.1) is 17.7 Å². The summed E-state index contributed by atoms with van der Waals surface area (Å²) >= 11 is 1.77. The van der Waals surface area contributed by atoms with Crippen LogP contribution in [0.25, 0.3) is 0 Å². The fourth-order valence-corrected chi connectivity index (χ4v) is 6.42. The Hall–Kier alpha value is -1.23. The lowest BCUT2D eigenvalue weighted by Crippen LogP contribution is -2.51. The average molecular weight is 415 g/mol. The molecule has 1 aromatic carbocycles. The Morgan fingerprint density at radius 1 is 1.00 bits per heavy atom. The molecule has 2 fully saturated rings. The van der Waals surface area contributed by atoms with Gasteiger partial charge in [-0.15, -0.1) is 0 Å². The molecule has 0 saturated heterocycles. The van der Waals surface area contributed by atoms with Gasteiger partial charge < -0.3 is 5.73 Å². The molecule has 1 heterocycles. The topological polar surface area (TPSA) is 29.3 Å². The van der Waals surface area contributed by atoms with Gasteiger partial charge in [0.25, 0.3) is 0 Å². The number of hydrogen-bond acceptors (Lipinski definition) is 3. The molecule has 0 aliphatic heterocycles. The number of thiophene rings is 1. The summed E-state index contributed by atoms with van der Waals surface area (Å²) in [7, 11) is 0. The number of fused-ring (bicyclic) bond motifs is 1. The van der Waals surface area contributed by atoms with Gasteiger partial charge in [-0.05, 0) is 84.0 Å². The van der Waals surface area contributed by atoms with Crippen LogP contribution < -0.4 is 5.73 Å². The van der Waals surface area contributed by atoms with E-state index in [1.54, 1.807) is 23.5 Å². The third-order valence-corrected chi connectivity index (χ3v) is 8.08. The van der Waals surface area contributed by atoms with Crippen molar-refractivity contribution >= 4 is 11.3 Å². The number of nitrogens with two attached hydrogens (primary N) is 1. The molecule has 4 atom stereocenters. The summed E-state index contributed by atoms with van der Waals surface area (Å²) in [5.41, 5.74) is 8.95. The van der Waals surface area contributed by atoms with Crippen LogP contribution in [0.1, 0.15) is 56.1 Å². The van der Waals surface area contributed by atoms with E-state index < -0.39 is 0 Å². The Labute approximate surface area is 179 Å². The smallest absolute Gasteiger partial charge is 0.123 e. The fourth-order valence-electron chi connectivity index (χ4n) is 5.74. The van der Waals surface area contributed by atoms with Gasteiger partial charge in [-0.3, -0.25) is 4.90 Å². The maximum absolute atomic E-state index is 13.3. The number of benzene rings is 1. The van der Waals surface area contributed by atoms with Crippen molar-refractivity contribution in [1.82, 2.24) is 4.90 Å². The largest absolute Gasteiger partial charge is 0.329 e. The molecular formula is C25H35FN2S. The van der Waals surface area contributed by atoms with Crippen LogP contribution in [0.4, 0.5) is 4.39 Å². The zero-order valence-electron chi connectivity index (χ0n) is 17.4. The lowest BCUT2D eigenvalue weighted by Gasteiger charge is -2.46. The van der Waals surface area contributed by atoms with Crippen LogP contribution in [0.2, 0.25) is 0 Å². The summed E-state index contributed by atoms with van der Waals surface area (Å²) in [6, 6.07) is 10.3. The predicted octanol–water partition coefficient (Wildman–Crippen LogP) is 5.66. The highest BCUT2D eigenvalue weighted by molar-refractivity contribution is 7.07. The Kier molecular flexibility index (Phi) is 7.39. The molecule has 0 amide bonds. The van der Waals surface area contributed by atoms with E-state index in [1.807, 2.05) is 12.1 Å². The average Bonchev–Trinajstić information content (AvgIpc) is 3.27. The molecule has 2 saturated carbocycles. The second-order valence-corrected chi connectivity index (χ2v) is 9.89. The number of hydrogen-bond donors (Lipinski definition) is 1. The van der Waals surface area contributed by atoms with Crippen molar-refractivity contribution in [1.29, 1.82) is 0 Å². The number of rotatable bonds is 8. The van der Waals surface area contributed by atoms with E-state index in [1.165, 1.54) is 56.1 Å². The highest BCUT2D eigenvalue weighted by Gasteiger charge is 2.36. The molecule has 2 nitrogen and oxygen atoms in total. The van der Waals surface area contributed by atoms with Crippen molar-refractivity contribution in [2.24, 2.45) is 17.6 Å². The molecule has 4 heteroatoms. The molecule has 2 aromatic rings. The first kappa shape index (κ1) is 21.0. The minimum atomic E-state index is -0.154. The monoisotopic (exact) mass is 414 g/mol. The van der Waals surface area contributed by atoms with Gasteiger partial charge in [0.1, 0.15) is 5.82 Å². The Morgan fingerprint density at radius 3 is 2.52 bits per heavy atom. The highest BCUT2D eigenvalue weighted by Crippen LogP contribution is 2.42. The molecule has 0 bridgehead atoms. The summed E-state index contributed by atoms with van der Waals surface area (Å²) in [4.78, 5) is 2.73. The lowest BCUT2D eigenvalue weighted by molar-refractivity contribution is 0.0494. The molecular weight excluding hydrogens is 379 g/mol. The van der Waals surface area contributed by atoms with Gasteiger partial charge >= 0.3 is 0 Å². The van der Waals surface area contributed by atoms with E-state index in [-0.39, 0.29) is 5.82 Å². The van der Waals surface area contributed by atoms with E-state index in [9.17, 15) is 4.39 Å². The molecule has 0 spiro atoms. The third-order valence-electron chi connectivity index (χ3n) is 7.35. The molecule has 2 N–H and O–H groups in total. The van der Waals surface area contributed by atoms with Gasteiger partial charge in [0, 0.05) is 25.2 Å². The van der Waals surface area contributed by atoms with Crippen LogP contribution in [-0.4, -0.2) is 30.1 Å². The standard InChI is InChI=1S/C25H35FN2S/c26-23-8-5-19(6-9-23)11-13-28(25(17-27)15-20-12-14-29-18-20)24-10-7-21-3-1-2-4-22(21)16-24/h5-6,8-9,12,14,18,21-22,24-25H,1-4,7,10-11,13,15-17,27H2. The van der Waals surface area contributed by atoms with Crippen molar-refractivity contribution in [3.8, 4) is 0 Å². The molecule has 0 radical (unpaired) electrons. The molecule has 2 aliphatic rings. The van der Waals surface area contributed by atoms with Crippen LogP contribution in [-0.2, 0) is 12.8 Å². The zero-order valence-corrected chi connectivity index (χ0v) is 18.3. The van der Waals surface area contributed by atoms with E-state index in [2.05, 4.69) is 21.7 Å². The van der Waals surface area contributed by atoms with Gasteiger partial charge in [0.15, 0.2) is 0 Å². The van der Waals surface area contributed by atoms with Gasteiger partial charge in [-0.1, -0.05) is 37.8 Å². The Bertz CT molecular complexity index is 730. The van der Waals surface area contributed by atoms with E-state index in [0.717, 1.165) is 31.2 Å². The Balaban J connectivity index is 1.48. The second-order valence-electron chi connectivity index (χ2n) is 9.11. The molecule has 1 aromatic heterocycles. The first-order valence-electron chi connectivity index (χ1n) is 11.4. The molecule has 2 aliphatic carbocycles. The Morgan fingerprint density at radius 2 is 1.79 bits per heavy atom. The van der Waals surface area contributed by atoms with E-state index >= 15 is 0 Å². The first-order chi connectivity index (χ1) is 14.2. The van der Waals surface area contributed by atoms with Gasteiger partial charge in [0.05, 0.1) is 0 Å². The van der Waals surface area contributed by atoms with Crippen LogP contribution in [0.5, 0.6) is 0 Å². The van der Waals surface area contributed by atoms with Crippen molar-refractivity contribution in [3.63, 3.8) is 0 Å². The summed E-state index contributed by atoms with van der Waals surface area (Å²) in [6.45, 7) is 1.71. The minimum absolute atomic E-state index is 0.154. The summed E-state index contributed by atoms with van der Waals surface area (Å²) in [5, 5.41) is 4.43. The maximum Gasteiger partial charge on any atom is 0.123 e. The lowest BCUT2D eigenvalue weighted by atomic mass is 9.69. The normalized spacial score (nSPS) is 25.7. The summed E-state index contributed by atoms with van der Waals surface area (Å²) in [6.07, 6.45) is 11.8. The highest BCUT2D eigenvalue weighted by atomic mass is 32.1. The molecule has 158 valence electrons. The van der Waals surface area contributed by atoms with Gasteiger partial charge in [-0.25, -0.2) is 4.39 Å². The van der Waals surface area contributed by atoms with Crippen molar-refractivity contribution in [2.45, 2.75) is 69.9 Å². The quantitative estimate of drug-likeness (QED) is 0.604. The summed E-state index contributed by atoms with van der Waals surface area (Å²) < 4.78 is 13.3. The maximum atomic E-state index is 13.3. The van der Waals surface area contributed by atoms with Crippen molar-refractivity contribution < 1.29 is 4.39 Å². The molecule has 29 heavy (non-hydrogen) atoms. The summed E-state index contributed by atoms with van der Waals surface area (Å²) in [5.74, 6) is 1.72. The third kappa shape index (κ3) is 5.48. The van der Waals surface area contributed by atoms with Crippen LogP contribution in [0.15, 0.2) is 41.1 Å². The fraction of sp³-hybridized carbons (Fsp3) is 0.600. The van der Waals surface area contributed by atoms with Crippen LogP contribution in [0.3, 0.4) is 0 Å². The number of nitrogens with zero attached hydrogens (tertiary/aromatic N) is 1. The van der Waals surface area contributed by atoms with Crippen molar-refractivity contribution in [2.75, 3.05) is 13.1 Å².